The Hall–Kier alpha value is -2.67. The first-order valence-corrected chi connectivity index (χ1v) is 13.8. The van der Waals surface area contributed by atoms with Crippen molar-refractivity contribution < 1.29 is 27.4 Å². The van der Waals surface area contributed by atoms with Crippen LogP contribution in [0.4, 0.5) is 24.7 Å². The molecule has 2 fully saturated rings. The molecule has 1 aromatic heterocycles. The van der Waals surface area contributed by atoms with Gasteiger partial charge in [0.25, 0.3) is 5.91 Å². The Kier molecular flexibility index (Phi) is 8.15. The van der Waals surface area contributed by atoms with Crippen LogP contribution >= 0.6 is 11.6 Å². The Morgan fingerprint density at radius 3 is 2.67 bits per heavy atom. The summed E-state index contributed by atoms with van der Waals surface area (Å²) >= 11 is 6.21. The summed E-state index contributed by atoms with van der Waals surface area (Å²) in [5.74, 6) is 0.247. The van der Waals surface area contributed by atoms with Crippen molar-refractivity contribution in [2.24, 2.45) is 0 Å². The summed E-state index contributed by atoms with van der Waals surface area (Å²) in [5.41, 5.74) is 5.60. The molecule has 0 aliphatic carbocycles. The topological polar surface area (TPSA) is 106 Å². The number of carbonyl (C=O) groups is 1. The highest BCUT2D eigenvalue weighted by Crippen LogP contribution is 2.37. The van der Waals surface area contributed by atoms with E-state index in [-0.39, 0.29) is 36.1 Å². The molecule has 0 bridgehead atoms. The second-order valence-corrected chi connectivity index (χ2v) is 11.2. The number of methoxy groups -OCH3 is 1. The number of nitrogens with one attached hydrogen (secondary N) is 1. The fraction of sp³-hybridized carbons (Fsp3) is 0.593. The van der Waals surface area contributed by atoms with Crippen molar-refractivity contribution in [1.29, 1.82) is 0 Å². The normalized spacial score (nSPS) is 21.9. The summed E-state index contributed by atoms with van der Waals surface area (Å²) in [7, 11) is 1.57. The summed E-state index contributed by atoms with van der Waals surface area (Å²) < 4.78 is 51.7. The first-order chi connectivity index (χ1) is 19.0. The molecule has 5 rings (SSSR count). The Morgan fingerprint density at radius 1 is 1.27 bits per heavy atom. The number of fused-ring (bicyclic) bond motifs is 1. The largest absolute Gasteiger partial charge is 0.416 e. The molecule has 3 aliphatic rings. The van der Waals surface area contributed by atoms with Gasteiger partial charge >= 0.3 is 6.18 Å². The first-order valence-electron chi connectivity index (χ1n) is 13.5. The van der Waals surface area contributed by atoms with Gasteiger partial charge < -0.3 is 30.3 Å². The molecule has 0 spiro atoms. The molecule has 3 N–H and O–H groups in total. The molecule has 13 heteroatoms. The van der Waals surface area contributed by atoms with Crippen molar-refractivity contribution in [3.63, 3.8) is 0 Å². The number of piperidine rings is 1. The Morgan fingerprint density at radius 2 is 2.02 bits per heavy atom. The van der Waals surface area contributed by atoms with E-state index in [2.05, 4.69) is 20.2 Å². The monoisotopic (exact) mass is 582 g/mol. The van der Waals surface area contributed by atoms with Crippen LogP contribution in [0.5, 0.6) is 0 Å². The van der Waals surface area contributed by atoms with Gasteiger partial charge in [-0.15, -0.1) is 0 Å². The van der Waals surface area contributed by atoms with Crippen molar-refractivity contribution in [2.45, 2.75) is 69.6 Å². The number of halogens is 4. The number of hydrogen-bond donors (Lipinski definition) is 2. The zero-order valence-corrected chi connectivity index (χ0v) is 23.3. The van der Waals surface area contributed by atoms with E-state index in [0.29, 0.717) is 35.5 Å². The van der Waals surface area contributed by atoms with Gasteiger partial charge in [0.05, 0.1) is 36.5 Å². The minimum atomic E-state index is -4.53. The summed E-state index contributed by atoms with van der Waals surface area (Å²) in [4.78, 5) is 26.5. The number of rotatable bonds is 7. The molecular formula is C27H34ClF3N6O3. The van der Waals surface area contributed by atoms with Gasteiger partial charge in [0.2, 0.25) is 5.28 Å². The lowest BCUT2D eigenvalue weighted by Gasteiger charge is -2.41. The van der Waals surface area contributed by atoms with E-state index in [1.54, 1.807) is 18.9 Å². The fourth-order valence-electron chi connectivity index (χ4n) is 5.83. The van der Waals surface area contributed by atoms with Crippen LogP contribution < -0.4 is 11.1 Å². The SMILES string of the molecule is COC1(C(=O)N2Cc3nc(Cl)nc(N[C@H](C)c4cc(N)cc(C(F)(F)F)c4)c3C2)CCN(C[C@H]2CCCO2)CC1. The Labute approximate surface area is 236 Å². The van der Waals surface area contributed by atoms with Gasteiger partial charge in [0.15, 0.2) is 0 Å². The van der Waals surface area contributed by atoms with Crippen LogP contribution in [0.2, 0.25) is 5.28 Å². The molecule has 0 radical (unpaired) electrons. The van der Waals surface area contributed by atoms with Gasteiger partial charge in [0.1, 0.15) is 11.4 Å². The molecule has 1 amide bonds. The number of likely N-dealkylation sites (tertiary alicyclic amines) is 1. The number of nitrogens with two attached hydrogens (primary N) is 1. The lowest BCUT2D eigenvalue weighted by molar-refractivity contribution is -0.162. The second kappa shape index (κ2) is 11.3. The fourth-order valence-corrected chi connectivity index (χ4v) is 6.02. The van der Waals surface area contributed by atoms with Crippen molar-refractivity contribution in [3.8, 4) is 0 Å². The average Bonchev–Trinajstić information content (AvgIpc) is 3.58. The molecular weight excluding hydrogens is 549 g/mol. The van der Waals surface area contributed by atoms with E-state index in [0.717, 1.165) is 51.2 Å². The van der Waals surface area contributed by atoms with Gasteiger partial charge in [0, 0.05) is 44.6 Å². The van der Waals surface area contributed by atoms with Gasteiger partial charge in [-0.05, 0) is 68.0 Å². The molecule has 2 saturated heterocycles. The van der Waals surface area contributed by atoms with Crippen molar-refractivity contribution in [1.82, 2.24) is 19.8 Å². The Bertz CT molecular complexity index is 1250. The number of nitrogen functional groups attached to an aromatic ring is 1. The van der Waals surface area contributed by atoms with Crippen LogP contribution in [-0.2, 0) is 33.5 Å². The molecule has 0 saturated carbocycles. The molecule has 9 nitrogen and oxygen atoms in total. The number of alkyl halides is 3. The smallest absolute Gasteiger partial charge is 0.399 e. The van der Waals surface area contributed by atoms with Crippen LogP contribution in [0, 0.1) is 0 Å². The lowest BCUT2D eigenvalue weighted by Crippen LogP contribution is -2.55. The minimum Gasteiger partial charge on any atom is -0.399 e. The van der Waals surface area contributed by atoms with Gasteiger partial charge in [-0.1, -0.05) is 0 Å². The molecule has 2 atom stereocenters. The quantitative estimate of drug-likeness (QED) is 0.365. The van der Waals surface area contributed by atoms with Gasteiger partial charge in [-0.25, -0.2) is 9.97 Å². The number of hydrogen-bond acceptors (Lipinski definition) is 8. The van der Waals surface area contributed by atoms with Crippen molar-refractivity contribution in [2.75, 3.05) is 44.4 Å². The van der Waals surface area contributed by atoms with E-state index in [4.69, 9.17) is 26.8 Å². The third-order valence-electron chi connectivity index (χ3n) is 8.13. The number of aromatic nitrogens is 2. The maximum Gasteiger partial charge on any atom is 0.416 e. The third-order valence-corrected chi connectivity index (χ3v) is 8.30. The standard InChI is InChI=1S/C27H34ClF3N6O3/c1-16(17-10-18(27(29,30)31)12-19(32)11-17)33-23-21-14-37(15-22(21)34-25(28)35-23)24(38)26(39-2)5-7-36(8-6-26)13-20-4-3-9-40-20/h10-12,16,20H,3-9,13-15,32H2,1-2H3,(H,33,34,35)/t16-,20-/m1/s1. The number of nitrogens with zero attached hydrogens (tertiary/aromatic N) is 4. The number of anilines is 2. The molecule has 2 aromatic rings. The highest BCUT2D eigenvalue weighted by atomic mass is 35.5. The van der Waals surface area contributed by atoms with E-state index in [1.807, 2.05) is 0 Å². The summed E-state index contributed by atoms with van der Waals surface area (Å²) in [6.45, 7) is 5.32. The van der Waals surface area contributed by atoms with Crippen molar-refractivity contribution in [3.05, 3.63) is 45.9 Å². The maximum absolute atomic E-state index is 13.8. The number of amides is 1. The summed E-state index contributed by atoms with van der Waals surface area (Å²) in [5, 5.41) is 3.14. The predicted octanol–water partition coefficient (Wildman–Crippen LogP) is 4.41. The molecule has 40 heavy (non-hydrogen) atoms. The predicted molar refractivity (Wildman–Crippen MR) is 144 cm³/mol. The molecule has 1 aromatic carbocycles. The van der Waals surface area contributed by atoms with Crippen LogP contribution in [0.15, 0.2) is 18.2 Å². The Balaban J connectivity index is 1.29. The second-order valence-electron chi connectivity index (χ2n) is 10.8. The van der Waals surface area contributed by atoms with E-state index in [9.17, 15) is 18.0 Å². The minimum absolute atomic E-state index is 0.00729. The molecule has 4 heterocycles. The van der Waals surface area contributed by atoms with E-state index in [1.165, 1.54) is 6.07 Å². The zero-order valence-electron chi connectivity index (χ0n) is 22.6. The van der Waals surface area contributed by atoms with Gasteiger partial charge in [-0.2, -0.15) is 13.2 Å². The molecule has 218 valence electrons. The highest BCUT2D eigenvalue weighted by Gasteiger charge is 2.46. The van der Waals surface area contributed by atoms with E-state index < -0.39 is 23.4 Å². The van der Waals surface area contributed by atoms with Crippen LogP contribution in [0.25, 0.3) is 0 Å². The van der Waals surface area contributed by atoms with Crippen LogP contribution in [0.1, 0.15) is 61.0 Å². The summed E-state index contributed by atoms with van der Waals surface area (Å²) in [6, 6.07) is 2.86. The van der Waals surface area contributed by atoms with Gasteiger partial charge in [-0.3, -0.25) is 4.79 Å². The zero-order chi connectivity index (χ0) is 28.7. The first kappa shape index (κ1) is 28.8. The number of carbonyl (C=O) groups excluding carboxylic acids is 1. The molecule has 3 aliphatic heterocycles. The number of benzene rings is 1. The van der Waals surface area contributed by atoms with E-state index >= 15 is 0 Å². The van der Waals surface area contributed by atoms with Crippen LogP contribution in [0.3, 0.4) is 0 Å². The van der Waals surface area contributed by atoms with Crippen LogP contribution in [-0.4, -0.2) is 70.7 Å². The average molecular weight is 583 g/mol. The highest BCUT2D eigenvalue weighted by molar-refractivity contribution is 6.28. The van der Waals surface area contributed by atoms with Crippen molar-refractivity contribution >= 4 is 29.0 Å². The third kappa shape index (κ3) is 6.00. The maximum atomic E-state index is 13.8. The molecule has 0 unspecified atom stereocenters. The summed E-state index contributed by atoms with van der Waals surface area (Å²) in [6.07, 6.45) is -0.993. The lowest BCUT2D eigenvalue weighted by atomic mass is 9.89. The number of ether oxygens (including phenoxy) is 2.